The number of hydrazine groups is 1. The van der Waals surface area contributed by atoms with Crippen molar-refractivity contribution in [2.24, 2.45) is 0 Å². The first-order chi connectivity index (χ1) is 10.6. The minimum Gasteiger partial charge on any atom is -0.497 e. The number of urea groups is 1. The van der Waals surface area contributed by atoms with Crippen LogP contribution in [0.3, 0.4) is 0 Å². The van der Waals surface area contributed by atoms with Crippen molar-refractivity contribution in [2.45, 2.75) is 0 Å². The fraction of sp³-hybridized carbons (Fsp3) is 0.0667. The Bertz CT molecular complexity index is 674. The van der Waals surface area contributed by atoms with E-state index in [1.807, 2.05) is 0 Å². The first-order valence-corrected chi connectivity index (χ1v) is 6.73. The van der Waals surface area contributed by atoms with Crippen LogP contribution < -0.4 is 20.9 Å². The lowest BCUT2D eigenvalue weighted by molar-refractivity contribution is 0.0937. The van der Waals surface area contributed by atoms with Crippen molar-refractivity contribution in [1.82, 2.24) is 10.9 Å². The molecule has 0 heterocycles. The van der Waals surface area contributed by atoms with Gasteiger partial charge in [0.1, 0.15) is 5.75 Å². The molecular formula is C15H14ClN3O3. The highest BCUT2D eigenvalue weighted by Crippen LogP contribution is 2.13. The van der Waals surface area contributed by atoms with Crippen molar-refractivity contribution < 1.29 is 14.3 Å². The second-order valence-corrected chi connectivity index (χ2v) is 4.71. The van der Waals surface area contributed by atoms with Crippen LogP contribution in [0.25, 0.3) is 0 Å². The van der Waals surface area contributed by atoms with Gasteiger partial charge in [0, 0.05) is 16.3 Å². The summed E-state index contributed by atoms with van der Waals surface area (Å²) in [5, 5.41) is 3.12. The third kappa shape index (κ3) is 4.39. The predicted octanol–water partition coefficient (Wildman–Crippen LogP) is 2.82. The van der Waals surface area contributed by atoms with E-state index in [-0.39, 0.29) is 0 Å². The zero-order valence-electron chi connectivity index (χ0n) is 11.7. The Hall–Kier alpha value is -2.73. The van der Waals surface area contributed by atoms with Gasteiger partial charge in [0.2, 0.25) is 0 Å². The normalized spacial score (nSPS) is 9.73. The number of methoxy groups -OCH3 is 1. The molecule has 0 bridgehead atoms. The molecule has 0 aromatic heterocycles. The molecule has 2 aromatic rings. The molecule has 6 nitrogen and oxygen atoms in total. The molecule has 0 aliphatic rings. The second kappa shape index (κ2) is 7.33. The zero-order valence-corrected chi connectivity index (χ0v) is 12.5. The third-order valence-electron chi connectivity index (χ3n) is 2.72. The fourth-order valence-electron chi connectivity index (χ4n) is 1.65. The van der Waals surface area contributed by atoms with Gasteiger partial charge in [0.15, 0.2) is 0 Å². The van der Waals surface area contributed by atoms with Crippen LogP contribution in [0.1, 0.15) is 10.4 Å². The van der Waals surface area contributed by atoms with Gasteiger partial charge in [-0.2, -0.15) is 0 Å². The molecule has 0 aliphatic carbocycles. The van der Waals surface area contributed by atoms with Crippen LogP contribution in [0.2, 0.25) is 5.02 Å². The lowest BCUT2D eigenvalue weighted by Crippen LogP contribution is -2.43. The number of nitrogens with one attached hydrogen (secondary N) is 3. The van der Waals surface area contributed by atoms with Crippen molar-refractivity contribution in [3.63, 3.8) is 0 Å². The van der Waals surface area contributed by atoms with Crippen molar-refractivity contribution in [1.29, 1.82) is 0 Å². The lowest BCUT2D eigenvalue weighted by atomic mass is 10.2. The van der Waals surface area contributed by atoms with Gasteiger partial charge in [0.05, 0.1) is 7.11 Å². The largest absolute Gasteiger partial charge is 0.497 e. The van der Waals surface area contributed by atoms with Gasteiger partial charge < -0.3 is 10.1 Å². The molecule has 0 aliphatic heterocycles. The van der Waals surface area contributed by atoms with Gasteiger partial charge >= 0.3 is 6.03 Å². The summed E-state index contributed by atoms with van der Waals surface area (Å²) in [5.74, 6) is 0.100. The van der Waals surface area contributed by atoms with Gasteiger partial charge in [-0.3, -0.25) is 10.2 Å². The number of halogens is 1. The first kappa shape index (κ1) is 15.7. The Kier molecular flexibility index (Phi) is 5.21. The summed E-state index contributed by atoms with van der Waals surface area (Å²) in [4.78, 5) is 23.5. The van der Waals surface area contributed by atoms with E-state index in [0.717, 1.165) is 0 Å². The summed E-state index contributed by atoms with van der Waals surface area (Å²) in [6, 6.07) is 12.6. The van der Waals surface area contributed by atoms with Gasteiger partial charge in [-0.25, -0.2) is 10.2 Å². The Morgan fingerprint density at radius 2 is 1.77 bits per heavy atom. The number of hydrogen-bond donors (Lipinski definition) is 3. The second-order valence-electron chi connectivity index (χ2n) is 4.27. The molecule has 0 spiro atoms. The van der Waals surface area contributed by atoms with E-state index in [1.165, 1.54) is 7.11 Å². The molecule has 0 radical (unpaired) electrons. The maximum absolute atomic E-state index is 11.9. The fourth-order valence-corrected chi connectivity index (χ4v) is 1.77. The maximum Gasteiger partial charge on any atom is 0.337 e. The Balaban J connectivity index is 1.87. The van der Waals surface area contributed by atoms with E-state index in [9.17, 15) is 9.59 Å². The number of amides is 3. The lowest BCUT2D eigenvalue weighted by Gasteiger charge is -2.09. The van der Waals surface area contributed by atoms with Crippen molar-refractivity contribution in [3.05, 3.63) is 59.1 Å². The van der Waals surface area contributed by atoms with E-state index in [4.69, 9.17) is 16.3 Å². The molecule has 0 saturated carbocycles. The molecule has 7 heteroatoms. The highest BCUT2D eigenvalue weighted by molar-refractivity contribution is 6.30. The smallest absolute Gasteiger partial charge is 0.337 e. The number of carbonyl (C=O) groups excluding carboxylic acids is 2. The van der Waals surface area contributed by atoms with Crippen LogP contribution in [0.15, 0.2) is 48.5 Å². The SMILES string of the molecule is COc1cccc(C(=O)NNC(=O)Nc2ccc(Cl)cc2)c1. The molecule has 22 heavy (non-hydrogen) atoms. The Morgan fingerprint density at radius 3 is 2.45 bits per heavy atom. The molecule has 3 N–H and O–H groups in total. The van der Waals surface area contributed by atoms with Crippen LogP contribution >= 0.6 is 11.6 Å². The molecule has 114 valence electrons. The first-order valence-electron chi connectivity index (χ1n) is 6.35. The van der Waals surface area contributed by atoms with Crippen molar-refractivity contribution >= 4 is 29.2 Å². The summed E-state index contributed by atoms with van der Waals surface area (Å²) in [6.45, 7) is 0. The molecule has 3 amide bonds. The van der Waals surface area contributed by atoms with E-state index >= 15 is 0 Å². The van der Waals surface area contributed by atoms with E-state index in [1.54, 1.807) is 48.5 Å². The summed E-state index contributed by atoms with van der Waals surface area (Å²) >= 11 is 5.75. The van der Waals surface area contributed by atoms with Gasteiger partial charge in [-0.1, -0.05) is 17.7 Å². The Labute approximate surface area is 132 Å². The zero-order chi connectivity index (χ0) is 15.9. The summed E-state index contributed by atoms with van der Waals surface area (Å²) in [6.07, 6.45) is 0. The van der Waals surface area contributed by atoms with Gasteiger partial charge in [-0.15, -0.1) is 0 Å². The Morgan fingerprint density at radius 1 is 1.05 bits per heavy atom. The third-order valence-corrected chi connectivity index (χ3v) is 2.98. The van der Waals surface area contributed by atoms with Crippen LogP contribution in [0.5, 0.6) is 5.75 Å². The average molecular weight is 320 g/mol. The van der Waals surface area contributed by atoms with Crippen LogP contribution in [0.4, 0.5) is 10.5 Å². The molecule has 0 saturated heterocycles. The quantitative estimate of drug-likeness (QED) is 0.761. The van der Waals surface area contributed by atoms with Gasteiger partial charge in [-0.05, 0) is 42.5 Å². The minimum atomic E-state index is -0.571. The van der Waals surface area contributed by atoms with Crippen LogP contribution in [-0.4, -0.2) is 19.0 Å². The minimum absolute atomic E-state index is 0.367. The highest BCUT2D eigenvalue weighted by Gasteiger charge is 2.08. The molecular weight excluding hydrogens is 306 g/mol. The topological polar surface area (TPSA) is 79.5 Å². The van der Waals surface area contributed by atoms with Crippen LogP contribution in [-0.2, 0) is 0 Å². The van der Waals surface area contributed by atoms with E-state index in [2.05, 4.69) is 16.2 Å². The standard InChI is InChI=1S/C15H14ClN3O3/c1-22-13-4-2-3-10(9-13)14(20)18-19-15(21)17-12-7-5-11(16)6-8-12/h2-9H,1H3,(H,18,20)(H2,17,19,21). The maximum atomic E-state index is 11.9. The summed E-state index contributed by atoms with van der Waals surface area (Å²) in [7, 11) is 1.51. The van der Waals surface area contributed by atoms with E-state index in [0.29, 0.717) is 22.0 Å². The molecule has 0 unspecified atom stereocenters. The molecule has 2 rings (SSSR count). The van der Waals surface area contributed by atoms with Crippen LogP contribution in [0, 0.1) is 0 Å². The number of hydrogen-bond acceptors (Lipinski definition) is 3. The summed E-state index contributed by atoms with van der Waals surface area (Å²) < 4.78 is 5.03. The summed E-state index contributed by atoms with van der Waals surface area (Å²) in [5.41, 5.74) is 5.48. The number of ether oxygens (including phenoxy) is 1. The number of carbonyl (C=O) groups is 2. The average Bonchev–Trinajstić information content (AvgIpc) is 2.55. The highest BCUT2D eigenvalue weighted by atomic mass is 35.5. The monoisotopic (exact) mass is 319 g/mol. The van der Waals surface area contributed by atoms with E-state index < -0.39 is 11.9 Å². The molecule has 2 aromatic carbocycles. The number of benzene rings is 2. The number of rotatable bonds is 3. The van der Waals surface area contributed by atoms with Crippen molar-refractivity contribution in [2.75, 3.05) is 12.4 Å². The number of anilines is 1. The molecule has 0 fully saturated rings. The predicted molar refractivity (Wildman–Crippen MR) is 84.1 cm³/mol. The van der Waals surface area contributed by atoms with Crippen molar-refractivity contribution in [3.8, 4) is 5.75 Å². The van der Waals surface area contributed by atoms with Gasteiger partial charge in [0.25, 0.3) is 5.91 Å². The molecule has 0 atom stereocenters.